The van der Waals surface area contributed by atoms with E-state index in [1.807, 2.05) is 54.6 Å². The number of hydrogen-bond donors (Lipinski definition) is 1. The number of nitrogens with zero attached hydrogens (tertiary/aromatic N) is 2. The average molecular weight is 524 g/mol. The number of hydrogen-bond acceptors (Lipinski definition) is 7. The third-order valence-electron chi connectivity index (χ3n) is 6.24. The molecule has 39 heavy (non-hydrogen) atoms. The molecule has 0 spiro atoms. The van der Waals surface area contributed by atoms with Crippen molar-refractivity contribution in [3.63, 3.8) is 0 Å². The second kappa shape index (κ2) is 11.5. The van der Waals surface area contributed by atoms with Crippen LogP contribution in [-0.2, 0) is 9.53 Å². The van der Waals surface area contributed by atoms with Crippen LogP contribution in [0.15, 0.2) is 107 Å². The van der Waals surface area contributed by atoms with E-state index in [2.05, 4.69) is 10.4 Å². The Morgan fingerprint density at radius 2 is 1.69 bits per heavy atom. The number of anilines is 1. The number of furan rings is 1. The minimum Gasteiger partial charge on any atom is -0.497 e. The summed E-state index contributed by atoms with van der Waals surface area (Å²) < 4.78 is 15.7. The fraction of sp³-hybridized carbons (Fsp3) is 0.133. The minimum atomic E-state index is -0.758. The van der Waals surface area contributed by atoms with Gasteiger partial charge in [-0.1, -0.05) is 54.6 Å². The van der Waals surface area contributed by atoms with Crippen LogP contribution in [0.2, 0.25) is 0 Å². The molecule has 1 aliphatic heterocycles. The predicted octanol–water partition coefficient (Wildman–Crippen LogP) is 5.08. The average Bonchev–Trinajstić information content (AvgIpc) is 3.68. The Morgan fingerprint density at radius 1 is 0.949 bits per heavy atom. The molecular weight excluding hydrogens is 498 g/mol. The summed E-state index contributed by atoms with van der Waals surface area (Å²) in [5, 5.41) is 8.61. The molecule has 9 nitrogen and oxygen atoms in total. The third kappa shape index (κ3) is 5.72. The lowest BCUT2D eigenvalue weighted by atomic mass is 9.98. The van der Waals surface area contributed by atoms with Crippen LogP contribution in [0.25, 0.3) is 0 Å². The smallest absolute Gasteiger partial charge is 0.340 e. The molecule has 1 unspecified atom stereocenters. The molecule has 2 amide bonds. The van der Waals surface area contributed by atoms with E-state index in [1.54, 1.807) is 31.4 Å². The summed E-state index contributed by atoms with van der Waals surface area (Å²) in [7, 11) is 1.59. The fourth-order valence-corrected chi connectivity index (χ4v) is 4.26. The van der Waals surface area contributed by atoms with Gasteiger partial charge in [-0.15, -0.1) is 0 Å². The number of methoxy groups -OCH3 is 1. The first-order valence-electron chi connectivity index (χ1n) is 12.2. The van der Waals surface area contributed by atoms with Crippen LogP contribution < -0.4 is 10.1 Å². The number of nitrogens with one attached hydrogen (secondary N) is 1. The molecule has 4 aromatic rings. The van der Waals surface area contributed by atoms with Gasteiger partial charge in [0.1, 0.15) is 5.75 Å². The van der Waals surface area contributed by atoms with E-state index in [0.29, 0.717) is 12.2 Å². The van der Waals surface area contributed by atoms with Gasteiger partial charge >= 0.3 is 5.97 Å². The summed E-state index contributed by atoms with van der Waals surface area (Å²) in [5.41, 5.74) is 2.87. The SMILES string of the molecule is COc1ccc(C2CC(c3ccccc3)=NN2C(=O)COC(=O)c2ccccc2NC(=O)c2ccco2)cc1. The molecule has 1 aliphatic rings. The van der Waals surface area contributed by atoms with Crippen molar-refractivity contribution in [3.8, 4) is 5.75 Å². The lowest BCUT2D eigenvalue weighted by molar-refractivity contribution is -0.136. The Bertz CT molecular complexity index is 1500. The van der Waals surface area contributed by atoms with E-state index < -0.39 is 24.4 Å². The zero-order valence-electron chi connectivity index (χ0n) is 21.1. The van der Waals surface area contributed by atoms with E-state index in [-0.39, 0.29) is 23.1 Å². The largest absolute Gasteiger partial charge is 0.497 e. The molecule has 0 aliphatic carbocycles. The fourth-order valence-electron chi connectivity index (χ4n) is 4.26. The zero-order valence-corrected chi connectivity index (χ0v) is 21.1. The van der Waals surface area contributed by atoms with E-state index >= 15 is 0 Å². The lowest BCUT2D eigenvalue weighted by Crippen LogP contribution is -2.31. The lowest BCUT2D eigenvalue weighted by Gasteiger charge is -2.22. The topological polar surface area (TPSA) is 110 Å². The second-order valence-electron chi connectivity index (χ2n) is 8.70. The van der Waals surface area contributed by atoms with Gasteiger partial charge in [-0.25, -0.2) is 9.80 Å². The van der Waals surface area contributed by atoms with E-state index in [9.17, 15) is 14.4 Å². The maximum atomic E-state index is 13.3. The number of ether oxygens (including phenoxy) is 2. The van der Waals surface area contributed by atoms with Crippen LogP contribution in [0.3, 0.4) is 0 Å². The molecule has 1 N–H and O–H groups in total. The van der Waals surface area contributed by atoms with Gasteiger partial charge in [-0.2, -0.15) is 5.10 Å². The first-order chi connectivity index (χ1) is 19.0. The second-order valence-corrected chi connectivity index (χ2v) is 8.70. The summed E-state index contributed by atoms with van der Waals surface area (Å²) in [6.45, 7) is -0.530. The molecule has 1 aromatic heterocycles. The van der Waals surface area contributed by atoms with E-state index in [4.69, 9.17) is 13.9 Å². The molecule has 2 heterocycles. The van der Waals surface area contributed by atoms with Crippen LogP contribution in [0.5, 0.6) is 5.75 Å². The van der Waals surface area contributed by atoms with Gasteiger partial charge in [0, 0.05) is 6.42 Å². The molecule has 0 bridgehead atoms. The molecule has 196 valence electrons. The first kappa shape index (κ1) is 25.5. The Hall–Kier alpha value is -5.18. The highest BCUT2D eigenvalue weighted by molar-refractivity contribution is 6.07. The van der Waals surface area contributed by atoms with Crippen LogP contribution in [-0.4, -0.2) is 42.2 Å². The quantitative estimate of drug-likeness (QED) is 0.323. The molecule has 0 saturated carbocycles. The van der Waals surface area contributed by atoms with Gasteiger partial charge in [0.05, 0.1) is 36.4 Å². The van der Waals surface area contributed by atoms with E-state index in [0.717, 1.165) is 16.8 Å². The number of carbonyl (C=O) groups is 3. The molecule has 0 saturated heterocycles. The summed E-state index contributed by atoms with van der Waals surface area (Å²) in [6, 6.07) is 26.1. The first-order valence-corrected chi connectivity index (χ1v) is 12.2. The summed E-state index contributed by atoms with van der Waals surface area (Å²) in [6.07, 6.45) is 1.88. The van der Waals surface area contributed by atoms with Crippen molar-refractivity contribution >= 4 is 29.2 Å². The van der Waals surface area contributed by atoms with Crippen molar-refractivity contribution in [2.45, 2.75) is 12.5 Å². The minimum absolute atomic E-state index is 0.0963. The summed E-state index contributed by atoms with van der Waals surface area (Å²) >= 11 is 0. The van der Waals surface area contributed by atoms with E-state index in [1.165, 1.54) is 23.4 Å². The number of hydrazone groups is 1. The third-order valence-corrected chi connectivity index (χ3v) is 6.24. The molecule has 1 atom stereocenters. The monoisotopic (exact) mass is 523 g/mol. The standard InChI is InChI=1S/C30H25N3O6/c1-37-22-15-13-21(14-16-22)26-18-25(20-8-3-2-4-9-20)32-33(26)28(34)19-39-30(36)23-10-5-6-11-24(23)31-29(35)27-12-7-17-38-27/h2-17,26H,18-19H2,1H3,(H,31,35). The Kier molecular flexibility index (Phi) is 7.49. The van der Waals surface area contributed by atoms with Crippen molar-refractivity contribution < 1.29 is 28.3 Å². The van der Waals surface area contributed by atoms with Gasteiger partial charge in [0.25, 0.3) is 11.8 Å². The molecule has 3 aromatic carbocycles. The van der Waals surface area contributed by atoms with Crippen LogP contribution in [0, 0.1) is 0 Å². The van der Waals surface area contributed by atoms with Crippen LogP contribution >= 0.6 is 0 Å². The van der Waals surface area contributed by atoms with Crippen LogP contribution in [0.1, 0.15) is 44.5 Å². The molecule has 9 heteroatoms. The van der Waals surface area contributed by atoms with Crippen molar-refractivity contribution in [2.24, 2.45) is 5.10 Å². The normalized spacial score (nSPS) is 14.4. The van der Waals surface area contributed by atoms with Crippen LogP contribution in [0.4, 0.5) is 5.69 Å². The molecule has 0 radical (unpaired) electrons. The zero-order chi connectivity index (χ0) is 27.2. The number of rotatable bonds is 8. The van der Waals surface area contributed by atoms with Crippen molar-refractivity contribution in [3.05, 3.63) is 120 Å². The highest BCUT2D eigenvalue weighted by atomic mass is 16.5. The highest BCUT2D eigenvalue weighted by Gasteiger charge is 2.33. The van der Waals surface area contributed by atoms with Crippen molar-refractivity contribution in [1.82, 2.24) is 5.01 Å². The number of carbonyl (C=O) groups excluding carboxylic acids is 3. The van der Waals surface area contributed by atoms with Gasteiger partial charge in [0.2, 0.25) is 0 Å². The Labute approximate surface area is 224 Å². The number of benzene rings is 3. The van der Waals surface area contributed by atoms with Gasteiger partial charge in [-0.05, 0) is 47.5 Å². The number of amides is 2. The molecular formula is C30H25N3O6. The highest BCUT2D eigenvalue weighted by Crippen LogP contribution is 2.33. The van der Waals surface area contributed by atoms with Crippen molar-refractivity contribution in [2.75, 3.05) is 19.0 Å². The predicted molar refractivity (Wildman–Crippen MR) is 144 cm³/mol. The van der Waals surface area contributed by atoms with Crippen molar-refractivity contribution in [1.29, 1.82) is 0 Å². The van der Waals surface area contributed by atoms with Gasteiger partial charge < -0.3 is 19.2 Å². The van der Waals surface area contributed by atoms with Gasteiger partial charge in [0.15, 0.2) is 12.4 Å². The molecule has 0 fully saturated rings. The maximum absolute atomic E-state index is 13.3. The van der Waals surface area contributed by atoms with Gasteiger partial charge in [-0.3, -0.25) is 9.59 Å². The number of esters is 1. The maximum Gasteiger partial charge on any atom is 0.340 e. The Morgan fingerprint density at radius 3 is 2.41 bits per heavy atom. The summed E-state index contributed by atoms with van der Waals surface area (Å²) in [4.78, 5) is 38.7. The molecule has 5 rings (SSSR count). The Balaban J connectivity index is 1.32. The number of para-hydroxylation sites is 1. The summed E-state index contributed by atoms with van der Waals surface area (Å²) in [5.74, 6) is -0.957.